The molecule has 4 heteroatoms. The Labute approximate surface area is 120 Å². The van der Waals surface area contributed by atoms with E-state index in [1.165, 1.54) is 5.56 Å². The predicted molar refractivity (Wildman–Crippen MR) is 82.1 cm³/mol. The zero-order valence-corrected chi connectivity index (χ0v) is 12.6. The largest absolute Gasteiger partial charge is 0.334 e. The summed E-state index contributed by atoms with van der Waals surface area (Å²) in [6, 6.07) is 7.79. The number of carbonyl (C=O) groups is 1. The summed E-state index contributed by atoms with van der Waals surface area (Å²) in [5, 5.41) is 5.65. The van der Waals surface area contributed by atoms with Gasteiger partial charge in [-0.15, -0.1) is 11.6 Å². The van der Waals surface area contributed by atoms with E-state index in [2.05, 4.69) is 36.6 Å². The number of hydrogen-bond donors (Lipinski definition) is 2. The molecule has 0 heterocycles. The van der Waals surface area contributed by atoms with E-state index >= 15 is 0 Å². The summed E-state index contributed by atoms with van der Waals surface area (Å²) in [6.07, 6.45) is 1.94. The molecule has 0 spiro atoms. The van der Waals surface area contributed by atoms with Gasteiger partial charge in [-0.25, -0.2) is 4.79 Å². The van der Waals surface area contributed by atoms with Gasteiger partial charge in [0.05, 0.1) is 0 Å². The molecule has 2 atom stereocenters. The minimum absolute atomic E-state index is 0.0149. The van der Waals surface area contributed by atoms with E-state index in [0.717, 1.165) is 18.5 Å². The van der Waals surface area contributed by atoms with Crippen molar-refractivity contribution < 1.29 is 4.79 Å². The van der Waals surface area contributed by atoms with Crippen LogP contribution in [0.4, 0.5) is 10.5 Å². The number of anilines is 1. The van der Waals surface area contributed by atoms with Crippen molar-refractivity contribution in [3.05, 3.63) is 29.8 Å². The van der Waals surface area contributed by atoms with Crippen LogP contribution >= 0.6 is 11.6 Å². The lowest BCUT2D eigenvalue weighted by Gasteiger charge is -2.15. The number of hydrogen-bond acceptors (Lipinski definition) is 1. The summed E-state index contributed by atoms with van der Waals surface area (Å²) in [4.78, 5) is 11.7. The highest BCUT2D eigenvalue weighted by atomic mass is 35.5. The van der Waals surface area contributed by atoms with Crippen LogP contribution < -0.4 is 10.6 Å². The highest BCUT2D eigenvalue weighted by Gasteiger charge is 2.09. The van der Waals surface area contributed by atoms with Crippen molar-refractivity contribution >= 4 is 23.3 Å². The van der Waals surface area contributed by atoms with Crippen molar-refractivity contribution in [3.8, 4) is 0 Å². The number of alkyl halides is 1. The average molecular weight is 283 g/mol. The third-order valence-corrected chi connectivity index (χ3v) is 3.74. The molecule has 0 aliphatic rings. The first-order valence-corrected chi connectivity index (χ1v) is 7.37. The molecule has 0 aliphatic heterocycles. The van der Waals surface area contributed by atoms with Crippen LogP contribution in [0, 0.1) is 0 Å². The van der Waals surface area contributed by atoms with Gasteiger partial charge in [-0.05, 0) is 36.5 Å². The number of urea groups is 1. The summed E-state index contributed by atoms with van der Waals surface area (Å²) in [7, 11) is 0. The van der Waals surface area contributed by atoms with Crippen molar-refractivity contribution in [3.63, 3.8) is 0 Å². The lowest BCUT2D eigenvalue weighted by molar-refractivity contribution is 0.249. The van der Waals surface area contributed by atoms with Crippen LogP contribution in [0.3, 0.4) is 0 Å². The molecule has 0 radical (unpaired) electrons. The van der Waals surface area contributed by atoms with E-state index in [4.69, 9.17) is 11.6 Å². The molecule has 0 aliphatic carbocycles. The second kappa shape index (κ2) is 8.05. The highest BCUT2D eigenvalue weighted by Crippen LogP contribution is 2.20. The normalized spacial score (nSPS) is 13.7. The Morgan fingerprint density at radius 3 is 2.32 bits per heavy atom. The summed E-state index contributed by atoms with van der Waals surface area (Å²) >= 11 is 5.74. The van der Waals surface area contributed by atoms with E-state index in [1.54, 1.807) is 0 Å². The van der Waals surface area contributed by atoms with Crippen molar-refractivity contribution in [1.82, 2.24) is 5.32 Å². The number of carbonyl (C=O) groups excluding carboxylic acids is 1. The van der Waals surface area contributed by atoms with E-state index in [0.29, 0.717) is 11.8 Å². The van der Waals surface area contributed by atoms with Gasteiger partial charge >= 0.3 is 6.03 Å². The quantitative estimate of drug-likeness (QED) is 0.749. The van der Waals surface area contributed by atoms with E-state index in [1.807, 2.05) is 19.1 Å². The third kappa shape index (κ3) is 5.11. The Bertz CT molecular complexity index is 388. The fourth-order valence-corrected chi connectivity index (χ4v) is 2.03. The van der Waals surface area contributed by atoms with Gasteiger partial charge in [0.1, 0.15) is 0 Å². The summed E-state index contributed by atoms with van der Waals surface area (Å²) in [5.74, 6) is 0.972. The number of amides is 2. The van der Waals surface area contributed by atoms with Gasteiger partial charge in [-0.2, -0.15) is 0 Å². The topological polar surface area (TPSA) is 41.1 Å². The Morgan fingerprint density at radius 1 is 1.21 bits per heavy atom. The van der Waals surface area contributed by atoms with E-state index in [-0.39, 0.29) is 12.1 Å². The minimum Gasteiger partial charge on any atom is -0.334 e. The van der Waals surface area contributed by atoms with Crippen molar-refractivity contribution in [2.75, 3.05) is 11.2 Å². The molecule has 1 aromatic carbocycles. The molecule has 2 amide bonds. The van der Waals surface area contributed by atoms with Crippen LogP contribution in [0.15, 0.2) is 24.3 Å². The molecule has 0 saturated heterocycles. The molecular formula is C15H23ClN2O. The summed E-state index contributed by atoms with van der Waals surface area (Å²) in [6.45, 7) is 6.36. The van der Waals surface area contributed by atoms with Gasteiger partial charge in [0.2, 0.25) is 0 Å². The lowest BCUT2D eigenvalue weighted by Crippen LogP contribution is -2.38. The van der Waals surface area contributed by atoms with Crippen LogP contribution in [0.5, 0.6) is 0 Å². The number of halogens is 1. The zero-order valence-electron chi connectivity index (χ0n) is 11.9. The number of rotatable bonds is 6. The number of benzene rings is 1. The zero-order chi connectivity index (χ0) is 14.3. The number of nitrogens with one attached hydrogen (secondary N) is 2. The maximum Gasteiger partial charge on any atom is 0.319 e. The van der Waals surface area contributed by atoms with E-state index < -0.39 is 0 Å². The minimum atomic E-state index is -0.205. The molecule has 19 heavy (non-hydrogen) atoms. The van der Waals surface area contributed by atoms with Gasteiger partial charge in [-0.3, -0.25) is 0 Å². The fraction of sp³-hybridized carbons (Fsp3) is 0.533. The molecule has 0 unspecified atom stereocenters. The molecule has 0 aromatic heterocycles. The van der Waals surface area contributed by atoms with Gasteiger partial charge in [-0.1, -0.05) is 32.9 Å². The third-order valence-electron chi connectivity index (χ3n) is 3.36. The molecule has 0 saturated carbocycles. The first-order chi connectivity index (χ1) is 9.10. The summed E-state index contributed by atoms with van der Waals surface area (Å²) in [5.41, 5.74) is 2.09. The van der Waals surface area contributed by atoms with Crippen LogP contribution in [0.25, 0.3) is 0 Å². The molecule has 2 N–H and O–H groups in total. The second-order valence-corrected chi connectivity index (χ2v) is 5.10. The Kier molecular flexibility index (Phi) is 6.71. The van der Waals surface area contributed by atoms with Crippen LogP contribution in [0.2, 0.25) is 0 Å². The predicted octanol–water partition coefficient (Wildman–Crippen LogP) is 4.34. The van der Waals surface area contributed by atoms with Crippen molar-refractivity contribution in [2.45, 2.75) is 45.6 Å². The standard InChI is InChI=1S/C15H23ClN2O/c1-4-11(3)12-6-8-14(9-7-12)18-15(19)17-13(5-2)10-16/h6-9,11,13H,4-5,10H2,1-3H3,(H2,17,18,19)/t11-,13+/m1/s1. The average Bonchev–Trinajstić information content (AvgIpc) is 2.44. The molecule has 1 rings (SSSR count). The first-order valence-electron chi connectivity index (χ1n) is 6.84. The van der Waals surface area contributed by atoms with Gasteiger partial charge < -0.3 is 10.6 Å². The SMILES string of the molecule is CC[C@@H](CCl)NC(=O)Nc1ccc([C@H](C)CC)cc1. The van der Waals surface area contributed by atoms with E-state index in [9.17, 15) is 4.79 Å². The maximum atomic E-state index is 11.7. The van der Waals surface area contributed by atoms with Crippen molar-refractivity contribution in [2.24, 2.45) is 0 Å². The smallest absolute Gasteiger partial charge is 0.319 e. The monoisotopic (exact) mass is 282 g/mol. The van der Waals surface area contributed by atoms with Crippen LogP contribution in [0.1, 0.15) is 45.1 Å². The summed E-state index contributed by atoms with van der Waals surface area (Å²) < 4.78 is 0. The molecule has 1 aromatic rings. The fourth-order valence-electron chi connectivity index (χ4n) is 1.73. The van der Waals surface area contributed by atoms with Crippen LogP contribution in [-0.4, -0.2) is 18.0 Å². The molecule has 106 valence electrons. The second-order valence-electron chi connectivity index (χ2n) is 4.79. The molecular weight excluding hydrogens is 260 g/mol. The van der Waals surface area contributed by atoms with Gasteiger partial charge in [0, 0.05) is 17.6 Å². The lowest BCUT2D eigenvalue weighted by atomic mass is 9.99. The molecule has 0 bridgehead atoms. The highest BCUT2D eigenvalue weighted by molar-refractivity contribution is 6.18. The van der Waals surface area contributed by atoms with Crippen molar-refractivity contribution in [1.29, 1.82) is 0 Å². The van der Waals surface area contributed by atoms with Gasteiger partial charge in [0.15, 0.2) is 0 Å². The molecule has 3 nitrogen and oxygen atoms in total. The Morgan fingerprint density at radius 2 is 1.84 bits per heavy atom. The Hall–Kier alpha value is -1.22. The Balaban J connectivity index is 2.55. The van der Waals surface area contributed by atoms with Gasteiger partial charge in [0.25, 0.3) is 0 Å². The molecule has 0 fully saturated rings. The maximum absolute atomic E-state index is 11.7. The first kappa shape index (κ1) is 15.8. The van der Waals surface area contributed by atoms with Crippen LogP contribution in [-0.2, 0) is 0 Å².